The minimum Gasteiger partial charge on any atom is -0.466 e. The van der Waals surface area contributed by atoms with Gasteiger partial charge in [-0.1, -0.05) is 0 Å². The zero-order chi connectivity index (χ0) is 13.7. The molecule has 0 fully saturated rings. The summed E-state index contributed by atoms with van der Waals surface area (Å²) in [6.45, 7) is 5.22. The van der Waals surface area contributed by atoms with Gasteiger partial charge < -0.3 is 14.2 Å². The van der Waals surface area contributed by atoms with Crippen LogP contribution in [0.5, 0.6) is 0 Å². The van der Waals surface area contributed by atoms with Gasteiger partial charge in [-0.15, -0.1) is 0 Å². The van der Waals surface area contributed by atoms with Crippen molar-refractivity contribution in [1.82, 2.24) is 0 Å². The lowest BCUT2D eigenvalue weighted by Crippen LogP contribution is -2.12. The highest BCUT2D eigenvalue weighted by Gasteiger charge is 2.28. The Labute approximate surface area is 106 Å². The maximum Gasteiger partial charge on any atom is 0.337 e. The predicted octanol–water partition coefficient (Wildman–Crippen LogP) is 1.86. The fraction of sp³-hybridized carbons (Fsp3) is 0.385. The fourth-order valence-corrected chi connectivity index (χ4v) is 1.22. The molecule has 1 aliphatic heterocycles. The van der Waals surface area contributed by atoms with Crippen molar-refractivity contribution in [3.63, 3.8) is 0 Å². The molecular weight excluding hydrogens is 236 g/mol. The van der Waals surface area contributed by atoms with Gasteiger partial charge in [0.05, 0.1) is 13.4 Å². The van der Waals surface area contributed by atoms with E-state index in [1.165, 1.54) is 19.4 Å². The zero-order valence-corrected chi connectivity index (χ0v) is 10.9. The van der Waals surface area contributed by atoms with Crippen LogP contribution in [-0.2, 0) is 23.8 Å². The Morgan fingerprint density at radius 1 is 1.33 bits per heavy atom. The maximum absolute atomic E-state index is 11.2. The third-order valence-electron chi connectivity index (χ3n) is 2.53. The lowest BCUT2D eigenvalue weighted by atomic mass is 10.2. The number of allylic oxidation sites excluding steroid dienone is 2. The first-order valence-electron chi connectivity index (χ1n) is 5.42. The van der Waals surface area contributed by atoms with Gasteiger partial charge in [-0.05, 0) is 32.4 Å². The predicted molar refractivity (Wildman–Crippen MR) is 64.3 cm³/mol. The van der Waals surface area contributed by atoms with Crippen LogP contribution in [-0.4, -0.2) is 25.3 Å². The van der Waals surface area contributed by atoms with Gasteiger partial charge in [0.2, 0.25) is 0 Å². The third-order valence-corrected chi connectivity index (χ3v) is 2.53. The van der Waals surface area contributed by atoms with Crippen LogP contribution in [0.15, 0.2) is 35.1 Å². The SMILES string of the molecule is COC(=O)C=CC(C)=COC1OC(=O)C(C)=C1C. The zero-order valence-electron chi connectivity index (χ0n) is 10.9. The molecule has 0 saturated carbocycles. The molecule has 0 aromatic heterocycles. The molecule has 0 aromatic rings. The van der Waals surface area contributed by atoms with E-state index >= 15 is 0 Å². The second-order valence-corrected chi connectivity index (χ2v) is 3.90. The molecule has 0 aromatic carbocycles. The monoisotopic (exact) mass is 252 g/mol. The average Bonchev–Trinajstić information content (AvgIpc) is 2.60. The first kappa shape index (κ1) is 14.0. The normalized spacial score (nSPS) is 20.3. The van der Waals surface area contributed by atoms with Gasteiger partial charge >= 0.3 is 11.9 Å². The summed E-state index contributed by atoms with van der Waals surface area (Å²) < 4.78 is 14.8. The molecule has 98 valence electrons. The molecule has 1 unspecified atom stereocenters. The van der Waals surface area contributed by atoms with Crippen LogP contribution in [0.4, 0.5) is 0 Å². The molecule has 0 amide bonds. The van der Waals surface area contributed by atoms with E-state index in [0.29, 0.717) is 11.1 Å². The standard InChI is InChI=1S/C13H16O5/c1-8(5-6-11(14)16-4)7-17-13-10(3)9(2)12(15)18-13/h5-7,13H,1-4H3. The number of ether oxygens (including phenoxy) is 3. The van der Waals surface area contributed by atoms with Gasteiger partial charge in [-0.25, -0.2) is 9.59 Å². The molecule has 1 rings (SSSR count). The van der Waals surface area contributed by atoms with Crippen molar-refractivity contribution in [3.8, 4) is 0 Å². The minimum absolute atomic E-state index is 0.367. The van der Waals surface area contributed by atoms with Gasteiger partial charge in [0, 0.05) is 17.2 Å². The number of hydrogen-bond acceptors (Lipinski definition) is 5. The van der Waals surface area contributed by atoms with E-state index in [0.717, 1.165) is 5.57 Å². The summed E-state index contributed by atoms with van der Waals surface area (Å²) >= 11 is 0. The number of cyclic esters (lactones) is 1. The van der Waals surface area contributed by atoms with Crippen molar-refractivity contribution in [1.29, 1.82) is 0 Å². The Hall–Kier alpha value is -2.04. The Kier molecular flexibility index (Phi) is 4.71. The highest BCUT2D eigenvalue weighted by Crippen LogP contribution is 2.23. The largest absolute Gasteiger partial charge is 0.466 e. The topological polar surface area (TPSA) is 61.8 Å². The van der Waals surface area contributed by atoms with E-state index in [-0.39, 0.29) is 5.97 Å². The summed E-state index contributed by atoms with van der Waals surface area (Å²) in [5.41, 5.74) is 2.02. The van der Waals surface area contributed by atoms with Crippen molar-refractivity contribution in [2.45, 2.75) is 27.1 Å². The van der Waals surface area contributed by atoms with E-state index in [1.807, 2.05) is 0 Å². The van der Waals surface area contributed by atoms with Gasteiger partial charge in [0.15, 0.2) is 0 Å². The van der Waals surface area contributed by atoms with E-state index < -0.39 is 12.3 Å². The average molecular weight is 252 g/mol. The lowest BCUT2D eigenvalue weighted by molar-refractivity contribution is -0.153. The van der Waals surface area contributed by atoms with Crippen LogP contribution in [0, 0.1) is 0 Å². The molecule has 0 bridgehead atoms. The molecule has 1 atom stereocenters. The van der Waals surface area contributed by atoms with Crippen molar-refractivity contribution >= 4 is 11.9 Å². The second-order valence-electron chi connectivity index (χ2n) is 3.90. The van der Waals surface area contributed by atoms with Crippen LogP contribution in [0.1, 0.15) is 20.8 Å². The number of carbonyl (C=O) groups is 2. The van der Waals surface area contributed by atoms with E-state index in [2.05, 4.69) is 4.74 Å². The molecule has 0 saturated heterocycles. The molecular formula is C13H16O5. The molecule has 5 heteroatoms. The number of hydrogen-bond donors (Lipinski definition) is 0. The van der Waals surface area contributed by atoms with Crippen LogP contribution in [0.3, 0.4) is 0 Å². The molecule has 1 heterocycles. The first-order valence-corrected chi connectivity index (χ1v) is 5.42. The number of rotatable bonds is 4. The summed E-state index contributed by atoms with van der Waals surface area (Å²) in [5, 5.41) is 0. The summed E-state index contributed by atoms with van der Waals surface area (Å²) in [5.74, 6) is -0.810. The van der Waals surface area contributed by atoms with Gasteiger partial charge in [0.1, 0.15) is 0 Å². The second kappa shape index (κ2) is 6.05. The van der Waals surface area contributed by atoms with Gasteiger partial charge in [0.25, 0.3) is 6.29 Å². The molecule has 0 radical (unpaired) electrons. The van der Waals surface area contributed by atoms with E-state index in [9.17, 15) is 9.59 Å². The molecule has 0 spiro atoms. The van der Waals surface area contributed by atoms with Crippen molar-refractivity contribution in [2.75, 3.05) is 7.11 Å². The summed E-state index contributed by atoms with van der Waals surface area (Å²) in [6, 6.07) is 0. The smallest absolute Gasteiger partial charge is 0.337 e. The summed E-state index contributed by atoms with van der Waals surface area (Å²) in [6.07, 6.45) is 3.58. The highest BCUT2D eigenvalue weighted by molar-refractivity contribution is 5.91. The fourth-order valence-electron chi connectivity index (χ4n) is 1.22. The van der Waals surface area contributed by atoms with Crippen LogP contribution >= 0.6 is 0 Å². The molecule has 5 nitrogen and oxygen atoms in total. The number of esters is 2. The summed E-state index contributed by atoms with van der Waals surface area (Å²) in [4.78, 5) is 22.1. The molecule has 18 heavy (non-hydrogen) atoms. The van der Waals surface area contributed by atoms with Crippen molar-refractivity contribution < 1.29 is 23.8 Å². The highest BCUT2D eigenvalue weighted by atomic mass is 16.7. The van der Waals surface area contributed by atoms with Gasteiger partial charge in [-0.3, -0.25) is 0 Å². The lowest BCUT2D eigenvalue weighted by Gasteiger charge is -2.10. The molecule has 0 aliphatic carbocycles. The third kappa shape index (κ3) is 3.48. The number of methoxy groups -OCH3 is 1. The van der Waals surface area contributed by atoms with E-state index in [1.54, 1.807) is 26.8 Å². The van der Waals surface area contributed by atoms with Crippen LogP contribution < -0.4 is 0 Å². The molecule has 1 aliphatic rings. The quantitative estimate of drug-likeness (QED) is 0.331. The van der Waals surface area contributed by atoms with Crippen molar-refractivity contribution in [2.24, 2.45) is 0 Å². The van der Waals surface area contributed by atoms with E-state index in [4.69, 9.17) is 9.47 Å². The molecule has 0 N–H and O–H groups in total. The van der Waals surface area contributed by atoms with Crippen molar-refractivity contribution in [3.05, 3.63) is 35.1 Å². The summed E-state index contributed by atoms with van der Waals surface area (Å²) in [7, 11) is 1.30. The number of carbonyl (C=O) groups excluding carboxylic acids is 2. The minimum atomic E-state index is -0.682. The Morgan fingerprint density at radius 2 is 2.00 bits per heavy atom. The van der Waals surface area contributed by atoms with Crippen LogP contribution in [0.25, 0.3) is 0 Å². The van der Waals surface area contributed by atoms with Gasteiger partial charge in [-0.2, -0.15) is 0 Å². The Morgan fingerprint density at radius 3 is 2.50 bits per heavy atom. The Balaban J connectivity index is 2.58. The maximum atomic E-state index is 11.2. The first-order chi connectivity index (χ1) is 8.45. The Bertz CT molecular complexity index is 442. The van der Waals surface area contributed by atoms with Crippen LogP contribution in [0.2, 0.25) is 0 Å².